The highest BCUT2D eigenvalue weighted by Crippen LogP contribution is 2.35. The summed E-state index contributed by atoms with van der Waals surface area (Å²) in [6.07, 6.45) is 1.77. The first-order chi connectivity index (χ1) is 9.15. The fourth-order valence-electron chi connectivity index (χ4n) is 2.69. The first-order valence-electron chi connectivity index (χ1n) is 6.45. The number of fused-ring (bicyclic) bond motifs is 1. The number of rotatable bonds is 2. The lowest BCUT2D eigenvalue weighted by Crippen LogP contribution is -2.08. The van der Waals surface area contributed by atoms with Crippen molar-refractivity contribution in [1.82, 2.24) is 0 Å². The summed E-state index contributed by atoms with van der Waals surface area (Å²) in [6, 6.07) is 10.1. The van der Waals surface area contributed by atoms with E-state index < -0.39 is 0 Å². The van der Waals surface area contributed by atoms with Crippen molar-refractivity contribution in [3.8, 4) is 0 Å². The SMILES string of the molecule is Cc1c(F)cccc1NC1CCc2cc(F)ccc21. The number of hydrogen-bond donors (Lipinski definition) is 1. The Kier molecular flexibility index (Phi) is 2.97. The molecule has 0 radical (unpaired) electrons. The van der Waals surface area contributed by atoms with E-state index in [4.69, 9.17) is 0 Å². The highest BCUT2D eigenvalue weighted by molar-refractivity contribution is 5.54. The minimum absolute atomic E-state index is 0.135. The van der Waals surface area contributed by atoms with E-state index >= 15 is 0 Å². The Morgan fingerprint density at radius 2 is 2.00 bits per heavy atom. The maximum Gasteiger partial charge on any atom is 0.128 e. The smallest absolute Gasteiger partial charge is 0.128 e. The molecule has 0 aromatic heterocycles. The third kappa shape index (κ3) is 2.21. The molecule has 98 valence electrons. The molecule has 3 rings (SSSR count). The van der Waals surface area contributed by atoms with E-state index in [0.29, 0.717) is 5.56 Å². The van der Waals surface area contributed by atoms with Crippen molar-refractivity contribution < 1.29 is 8.78 Å². The second-order valence-electron chi connectivity index (χ2n) is 4.99. The van der Waals surface area contributed by atoms with Crippen LogP contribution >= 0.6 is 0 Å². The fraction of sp³-hybridized carbons (Fsp3) is 0.250. The van der Waals surface area contributed by atoms with Crippen LogP contribution in [0.25, 0.3) is 0 Å². The molecule has 2 aromatic rings. The van der Waals surface area contributed by atoms with E-state index in [0.717, 1.165) is 29.7 Å². The van der Waals surface area contributed by atoms with Crippen molar-refractivity contribution in [3.05, 3.63) is 64.7 Å². The normalized spacial score (nSPS) is 17.3. The molecule has 0 amide bonds. The molecule has 1 unspecified atom stereocenters. The van der Waals surface area contributed by atoms with Gasteiger partial charge < -0.3 is 5.32 Å². The van der Waals surface area contributed by atoms with Crippen LogP contribution in [0.2, 0.25) is 0 Å². The lowest BCUT2D eigenvalue weighted by Gasteiger charge is -2.17. The molecule has 1 nitrogen and oxygen atoms in total. The Morgan fingerprint density at radius 1 is 1.16 bits per heavy atom. The molecule has 0 bridgehead atoms. The Balaban J connectivity index is 1.89. The molecule has 2 aromatic carbocycles. The van der Waals surface area contributed by atoms with Crippen molar-refractivity contribution in [2.75, 3.05) is 5.32 Å². The highest BCUT2D eigenvalue weighted by Gasteiger charge is 2.23. The fourth-order valence-corrected chi connectivity index (χ4v) is 2.69. The molecule has 1 atom stereocenters. The van der Waals surface area contributed by atoms with E-state index in [9.17, 15) is 8.78 Å². The van der Waals surface area contributed by atoms with Gasteiger partial charge in [0.15, 0.2) is 0 Å². The van der Waals surface area contributed by atoms with Gasteiger partial charge >= 0.3 is 0 Å². The van der Waals surface area contributed by atoms with Crippen LogP contribution in [-0.2, 0) is 6.42 Å². The number of nitrogens with one attached hydrogen (secondary N) is 1. The van der Waals surface area contributed by atoms with Gasteiger partial charge in [-0.15, -0.1) is 0 Å². The van der Waals surface area contributed by atoms with Crippen molar-refractivity contribution in [2.24, 2.45) is 0 Å². The molecule has 3 heteroatoms. The Morgan fingerprint density at radius 3 is 2.84 bits per heavy atom. The zero-order valence-electron chi connectivity index (χ0n) is 10.7. The average molecular weight is 259 g/mol. The molecule has 0 heterocycles. The van der Waals surface area contributed by atoms with Crippen molar-refractivity contribution in [2.45, 2.75) is 25.8 Å². The first kappa shape index (κ1) is 12.2. The molecule has 1 N–H and O–H groups in total. The average Bonchev–Trinajstić information content (AvgIpc) is 2.77. The topological polar surface area (TPSA) is 12.0 Å². The van der Waals surface area contributed by atoms with Crippen LogP contribution in [0.1, 0.15) is 29.2 Å². The quantitative estimate of drug-likeness (QED) is 0.844. The monoisotopic (exact) mass is 259 g/mol. The van der Waals surface area contributed by atoms with Gasteiger partial charge in [-0.05, 0) is 55.2 Å². The van der Waals surface area contributed by atoms with E-state index in [2.05, 4.69) is 5.32 Å². The van der Waals surface area contributed by atoms with E-state index in [1.54, 1.807) is 19.1 Å². The van der Waals surface area contributed by atoms with Crippen LogP contribution in [0.3, 0.4) is 0 Å². The first-order valence-corrected chi connectivity index (χ1v) is 6.45. The predicted octanol–water partition coefficient (Wildman–Crippen LogP) is 4.37. The van der Waals surface area contributed by atoms with Crippen LogP contribution in [-0.4, -0.2) is 0 Å². The lowest BCUT2D eigenvalue weighted by atomic mass is 10.1. The standard InChI is InChI=1S/C16H15F2N/c1-10-14(18)3-2-4-15(10)19-16-8-5-11-9-12(17)6-7-13(11)16/h2-4,6-7,9,16,19H,5,8H2,1H3. The summed E-state index contributed by atoms with van der Waals surface area (Å²) in [5, 5.41) is 3.36. The minimum atomic E-state index is -0.206. The summed E-state index contributed by atoms with van der Waals surface area (Å²) in [7, 11) is 0. The maximum atomic E-state index is 13.5. The molecule has 0 saturated heterocycles. The summed E-state index contributed by atoms with van der Waals surface area (Å²) < 4.78 is 26.7. The van der Waals surface area contributed by atoms with E-state index in [1.165, 1.54) is 12.1 Å². The summed E-state index contributed by atoms with van der Waals surface area (Å²) in [5.74, 6) is -0.399. The second-order valence-corrected chi connectivity index (χ2v) is 4.99. The zero-order valence-corrected chi connectivity index (χ0v) is 10.7. The molecule has 0 saturated carbocycles. The predicted molar refractivity (Wildman–Crippen MR) is 72.2 cm³/mol. The van der Waals surface area contributed by atoms with Crippen LogP contribution in [0.4, 0.5) is 14.5 Å². The van der Waals surface area contributed by atoms with E-state index in [-0.39, 0.29) is 17.7 Å². The summed E-state index contributed by atoms with van der Waals surface area (Å²) in [6.45, 7) is 1.76. The van der Waals surface area contributed by atoms with Crippen LogP contribution in [0, 0.1) is 18.6 Å². The summed E-state index contributed by atoms with van der Waals surface area (Å²) in [5.41, 5.74) is 3.59. The third-order valence-corrected chi connectivity index (χ3v) is 3.78. The van der Waals surface area contributed by atoms with Gasteiger partial charge in [0.2, 0.25) is 0 Å². The summed E-state index contributed by atoms with van der Waals surface area (Å²) in [4.78, 5) is 0. The maximum absolute atomic E-state index is 13.5. The molecule has 0 aliphatic heterocycles. The highest BCUT2D eigenvalue weighted by atomic mass is 19.1. The summed E-state index contributed by atoms with van der Waals surface area (Å²) >= 11 is 0. The number of hydrogen-bond acceptors (Lipinski definition) is 1. The minimum Gasteiger partial charge on any atom is -0.378 e. The van der Waals surface area contributed by atoms with Crippen LogP contribution < -0.4 is 5.32 Å². The second kappa shape index (κ2) is 4.65. The number of aryl methyl sites for hydroxylation is 1. The van der Waals surface area contributed by atoms with Gasteiger partial charge in [-0.25, -0.2) is 8.78 Å². The van der Waals surface area contributed by atoms with Crippen molar-refractivity contribution >= 4 is 5.69 Å². The number of halogens is 2. The molecule has 0 spiro atoms. The number of benzene rings is 2. The van der Waals surface area contributed by atoms with Crippen LogP contribution in [0.15, 0.2) is 36.4 Å². The zero-order chi connectivity index (χ0) is 13.4. The molecular weight excluding hydrogens is 244 g/mol. The van der Waals surface area contributed by atoms with Crippen molar-refractivity contribution in [1.29, 1.82) is 0 Å². The third-order valence-electron chi connectivity index (χ3n) is 3.78. The van der Waals surface area contributed by atoms with Gasteiger partial charge in [0, 0.05) is 11.3 Å². The van der Waals surface area contributed by atoms with Gasteiger partial charge in [0.05, 0.1) is 6.04 Å². The Bertz CT molecular complexity index is 622. The van der Waals surface area contributed by atoms with Gasteiger partial charge in [-0.1, -0.05) is 12.1 Å². The van der Waals surface area contributed by atoms with Gasteiger partial charge in [-0.2, -0.15) is 0 Å². The van der Waals surface area contributed by atoms with E-state index in [1.807, 2.05) is 12.1 Å². The largest absolute Gasteiger partial charge is 0.378 e. The van der Waals surface area contributed by atoms with Crippen molar-refractivity contribution in [3.63, 3.8) is 0 Å². The van der Waals surface area contributed by atoms with Gasteiger partial charge in [0.25, 0.3) is 0 Å². The molecule has 0 fully saturated rings. The Hall–Kier alpha value is -1.90. The van der Waals surface area contributed by atoms with Crippen LogP contribution in [0.5, 0.6) is 0 Å². The number of anilines is 1. The molecule has 1 aliphatic carbocycles. The lowest BCUT2D eigenvalue weighted by molar-refractivity contribution is 0.618. The van der Waals surface area contributed by atoms with Gasteiger partial charge in [0.1, 0.15) is 11.6 Å². The molecule has 19 heavy (non-hydrogen) atoms. The van der Waals surface area contributed by atoms with Gasteiger partial charge in [-0.3, -0.25) is 0 Å². The molecular formula is C16H15F2N. The Labute approximate surface area is 111 Å². The molecule has 1 aliphatic rings.